The van der Waals surface area contributed by atoms with Crippen molar-refractivity contribution in [3.63, 3.8) is 0 Å². The number of anilines is 1. The summed E-state index contributed by atoms with van der Waals surface area (Å²) in [4.78, 5) is 15.4. The first kappa shape index (κ1) is 19.6. The van der Waals surface area contributed by atoms with Crippen LogP contribution in [0.5, 0.6) is 0 Å². The fourth-order valence-corrected chi connectivity index (χ4v) is 4.32. The van der Waals surface area contributed by atoms with Gasteiger partial charge in [-0.1, -0.05) is 72.6 Å². The molecule has 1 atom stereocenters. The zero-order chi connectivity index (χ0) is 21.5. The van der Waals surface area contributed by atoms with Crippen molar-refractivity contribution in [1.82, 2.24) is 10.2 Å². The lowest BCUT2D eigenvalue weighted by atomic mass is 9.95. The van der Waals surface area contributed by atoms with E-state index in [1.807, 2.05) is 60.4 Å². The molecular formula is C26H22ClN3O. The van der Waals surface area contributed by atoms with Gasteiger partial charge < -0.3 is 0 Å². The van der Waals surface area contributed by atoms with Crippen LogP contribution in [0, 0.1) is 6.92 Å². The summed E-state index contributed by atoms with van der Waals surface area (Å²) in [5, 5.41) is 8.20. The fourth-order valence-electron chi connectivity index (χ4n) is 4.20. The highest BCUT2D eigenvalue weighted by Crippen LogP contribution is 2.45. The molecule has 0 radical (unpaired) electrons. The van der Waals surface area contributed by atoms with Gasteiger partial charge in [-0.15, -0.1) is 0 Å². The normalized spacial score (nSPS) is 15.4. The number of carbonyl (C=O) groups excluding carboxylic acids is 1. The maximum Gasteiger partial charge on any atom is 0.277 e. The smallest absolute Gasteiger partial charge is 0.277 e. The Bertz CT molecular complexity index is 1240. The van der Waals surface area contributed by atoms with Gasteiger partial charge in [-0.25, -0.2) is 0 Å². The maximum atomic E-state index is 13.5. The summed E-state index contributed by atoms with van der Waals surface area (Å²) in [6, 6.07) is 23.9. The number of fused-ring (bicyclic) bond motifs is 1. The Morgan fingerprint density at radius 3 is 2.29 bits per heavy atom. The van der Waals surface area contributed by atoms with Crippen LogP contribution in [0.15, 0.2) is 72.8 Å². The molecule has 154 valence electrons. The quantitative estimate of drug-likeness (QED) is 0.412. The summed E-state index contributed by atoms with van der Waals surface area (Å²) >= 11 is 6.09. The summed E-state index contributed by atoms with van der Waals surface area (Å²) in [7, 11) is 0. The van der Waals surface area contributed by atoms with Gasteiger partial charge in [0, 0.05) is 21.8 Å². The third-order valence-corrected chi connectivity index (χ3v) is 6.15. The number of aryl methyl sites for hydroxylation is 2. The lowest BCUT2D eigenvalue weighted by molar-refractivity contribution is 0.0989. The highest BCUT2D eigenvalue weighted by atomic mass is 35.5. The Kier molecular flexibility index (Phi) is 4.87. The molecule has 0 fully saturated rings. The minimum Gasteiger partial charge on any atom is -0.295 e. The molecule has 5 heteroatoms. The van der Waals surface area contributed by atoms with E-state index < -0.39 is 0 Å². The third kappa shape index (κ3) is 3.33. The summed E-state index contributed by atoms with van der Waals surface area (Å²) in [5.41, 5.74) is 7.48. The Hall–Kier alpha value is -3.37. The second-order valence-corrected chi connectivity index (χ2v) is 8.31. The average Bonchev–Trinajstić information content (AvgIpc) is 3.34. The van der Waals surface area contributed by atoms with Crippen molar-refractivity contribution in [1.29, 1.82) is 0 Å². The van der Waals surface area contributed by atoms with Crippen LogP contribution in [0.2, 0.25) is 5.02 Å². The van der Waals surface area contributed by atoms with Crippen molar-refractivity contribution in [2.75, 3.05) is 4.90 Å². The molecule has 0 aliphatic carbocycles. The van der Waals surface area contributed by atoms with Crippen molar-refractivity contribution >= 4 is 23.2 Å². The topological polar surface area (TPSA) is 49.0 Å². The van der Waals surface area contributed by atoms with Gasteiger partial charge in [0.1, 0.15) is 5.69 Å². The minimum absolute atomic E-state index is 0.0730. The van der Waals surface area contributed by atoms with E-state index >= 15 is 0 Å². The van der Waals surface area contributed by atoms with E-state index in [0.717, 1.165) is 40.1 Å². The molecular weight excluding hydrogens is 406 g/mol. The second kappa shape index (κ2) is 7.71. The zero-order valence-corrected chi connectivity index (χ0v) is 18.1. The molecule has 1 amide bonds. The minimum atomic E-state index is -0.263. The molecule has 1 N–H and O–H groups in total. The molecule has 5 rings (SSSR count). The number of amides is 1. The van der Waals surface area contributed by atoms with Crippen LogP contribution in [-0.2, 0) is 6.42 Å². The Morgan fingerprint density at radius 1 is 0.968 bits per heavy atom. The van der Waals surface area contributed by atoms with Gasteiger partial charge in [-0.05, 0) is 48.7 Å². The number of nitrogens with one attached hydrogen (secondary N) is 1. The van der Waals surface area contributed by atoms with Gasteiger partial charge >= 0.3 is 0 Å². The first-order valence-corrected chi connectivity index (χ1v) is 10.8. The SMILES string of the molecule is CCc1ccc([C@@H]2c3c(-c4ccc(Cl)cc4)n[nH]c3C(=O)N2c2ccc(C)cc2)cc1. The number of aromatic amines is 1. The Morgan fingerprint density at radius 2 is 1.65 bits per heavy atom. The van der Waals surface area contributed by atoms with Gasteiger partial charge in [-0.3, -0.25) is 14.8 Å². The van der Waals surface area contributed by atoms with Gasteiger partial charge in [0.15, 0.2) is 0 Å². The van der Waals surface area contributed by atoms with Crippen LogP contribution in [0.3, 0.4) is 0 Å². The third-order valence-electron chi connectivity index (χ3n) is 5.90. The van der Waals surface area contributed by atoms with E-state index in [4.69, 9.17) is 11.6 Å². The zero-order valence-electron chi connectivity index (χ0n) is 17.4. The number of H-pyrrole nitrogens is 1. The van der Waals surface area contributed by atoms with Gasteiger partial charge in [0.05, 0.1) is 11.7 Å². The molecule has 0 unspecified atom stereocenters. The number of hydrogen-bond donors (Lipinski definition) is 1. The van der Waals surface area contributed by atoms with Crippen molar-refractivity contribution in [2.45, 2.75) is 26.3 Å². The number of benzene rings is 3. The predicted molar refractivity (Wildman–Crippen MR) is 125 cm³/mol. The van der Waals surface area contributed by atoms with E-state index in [1.165, 1.54) is 5.56 Å². The van der Waals surface area contributed by atoms with E-state index in [1.54, 1.807) is 0 Å². The second-order valence-electron chi connectivity index (χ2n) is 7.88. The number of carbonyl (C=O) groups is 1. The van der Waals surface area contributed by atoms with E-state index in [2.05, 4.69) is 41.4 Å². The lowest BCUT2D eigenvalue weighted by Crippen LogP contribution is -2.29. The summed E-state index contributed by atoms with van der Waals surface area (Å²) in [5.74, 6) is -0.0730. The molecule has 0 saturated heterocycles. The Labute approximate surface area is 186 Å². The van der Waals surface area contributed by atoms with Crippen molar-refractivity contribution < 1.29 is 4.79 Å². The van der Waals surface area contributed by atoms with Crippen LogP contribution >= 0.6 is 11.6 Å². The molecule has 2 heterocycles. The summed E-state index contributed by atoms with van der Waals surface area (Å²) in [6.07, 6.45) is 0.971. The van der Waals surface area contributed by atoms with E-state index in [0.29, 0.717) is 10.7 Å². The molecule has 1 aliphatic heterocycles. The fraction of sp³-hybridized carbons (Fsp3) is 0.154. The summed E-state index contributed by atoms with van der Waals surface area (Å²) < 4.78 is 0. The molecule has 0 saturated carbocycles. The van der Waals surface area contributed by atoms with Crippen molar-refractivity contribution in [3.05, 3.63) is 106 Å². The Balaban J connectivity index is 1.70. The van der Waals surface area contributed by atoms with Gasteiger partial charge in [-0.2, -0.15) is 5.10 Å². The molecule has 1 aromatic heterocycles. The number of hydrogen-bond acceptors (Lipinski definition) is 2. The predicted octanol–water partition coefficient (Wildman–Crippen LogP) is 6.35. The maximum absolute atomic E-state index is 13.5. The highest BCUT2D eigenvalue weighted by Gasteiger charge is 2.43. The largest absolute Gasteiger partial charge is 0.295 e. The highest BCUT2D eigenvalue weighted by molar-refractivity contribution is 6.30. The molecule has 4 aromatic rings. The van der Waals surface area contributed by atoms with E-state index in [-0.39, 0.29) is 11.9 Å². The first-order valence-electron chi connectivity index (χ1n) is 10.4. The van der Waals surface area contributed by atoms with Crippen LogP contribution in [0.25, 0.3) is 11.3 Å². The van der Waals surface area contributed by atoms with E-state index in [9.17, 15) is 4.79 Å². The monoisotopic (exact) mass is 427 g/mol. The van der Waals surface area contributed by atoms with Crippen LogP contribution < -0.4 is 4.90 Å². The van der Waals surface area contributed by atoms with Crippen LogP contribution in [-0.4, -0.2) is 16.1 Å². The standard InChI is InChI=1S/C26H22ClN3O/c1-3-17-6-8-19(9-7-17)25-22-23(18-10-12-20(27)13-11-18)28-29-24(22)26(31)30(25)21-14-4-16(2)5-15-21/h4-15,25H,3H2,1-2H3,(H,28,29)/t25-/m1/s1. The molecule has 31 heavy (non-hydrogen) atoms. The number of nitrogens with zero attached hydrogens (tertiary/aromatic N) is 2. The van der Waals surface area contributed by atoms with Crippen molar-refractivity contribution in [2.24, 2.45) is 0 Å². The number of halogens is 1. The van der Waals surface area contributed by atoms with Crippen LogP contribution in [0.4, 0.5) is 5.69 Å². The molecule has 1 aliphatic rings. The van der Waals surface area contributed by atoms with Gasteiger partial charge in [0.2, 0.25) is 0 Å². The summed E-state index contributed by atoms with van der Waals surface area (Å²) in [6.45, 7) is 4.18. The molecule has 0 spiro atoms. The molecule has 3 aromatic carbocycles. The molecule has 0 bridgehead atoms. The average molecular weight is 428 g/mol. The van der Waals surface area contributed by atoms with Gasteiger partial charge in [0.25, 0.3) is 5.91 Å². The first-order chi connectivity index (χ1) is 15.1. The molecule has 4 nitrogen and oxygen atoms in total. The number of rotatable bonds is 4. The van der Waals surface area contributed by atoms with Crippen molar-refractivity contribution in [3.8, 4) is 11.3 Å². The lowest BCUT2D eigenvalue weighted by Gasteiger charge is -2.27. The number of aromatic nitrogens is 2. The van der Waals surface area contributed by atoms with Crippen LogP contribution in [0.1, 0.15) is 45.7 Å².